The summed E-state index contributed by atoms with van der Waals surface area (Å²) in [5, 5.41) is 7.65. The van der Waals surface area contributed by atoms with E-state index in [1.807, 2.05) is 16.8 Å². The third-order valence-electron chi connectivity index (χ3n) is 1.88. The smallest absolute Gasteiger partial charge is 0.231 e. The maximum atomic E-state index is 5.37. The summed E-state index contributed by atoms with van der Waals surface area (Å²) in [6.07, 6.45) is 0. The van der Waals surface area contributed by atoms with Gasteiger partial charge in [-0.1, -0.05) is 4.49 Å². The number of rotatable bonds is 2. The van der Waals surface area contributed by atoms with Gasteiger partial charge < -0.3 is 9.47 Å². The predicted molar refractivity (Wildman–Crippen MR) is 55.9 cm³/mol. The lowest BCUT2D eigenvalue weighted by Crippen LogP contribution is -1.88. The molecular weight excluding hydrogens is 234 g/mol. The van der Waals surface area contributed by atoms with Gasteiger partial charge in [-0.3, -0.25) is 0 Å². The summed E-state index contributed by atoms with van der Waals surface area (Å²) in [5.74, 6) is 1.26. The Morgan fingerprint density at radius 2 is 2.00 bits per heavy atom. The van der Waals surface area contributed by atoms with Crippen LogP contribution in [0.1, 0.15) is 11.4 Å². The molecule has 0 aliphatic carbocycles. The second-order valence-electron chi connectivity index (χ2n) is 2.74. The Bertz CT molecular complexity index is 434. The number of hydrogen-bond acceptors (Lipinski definition) is 7. The molecule has 0 atom stereocenters. The SMILES string of the molecule is c1cc(C2=C(c3csnn3)OCO2)ns1. The molecule has 2 aromatic rings. The van der Waals surface area contributed by atoms with Crippen molar-refractivity contribution < 1.29 is 9.47 Å². The Morgan fingerprint density at radius 1 is 1.13 bits per heavy atom. The molecule has 7 heteroatoms. The summed E-state index contributed by atoms with van der Waals surface area (Å²) in [6, 6.07) is 1.88. The Kier molecular flexibility index (Phi) is 2.11. The summed E-state index contributed by atoms with van der Waals surface area (Å²) in [4.78, 5) is 0. The Labute approximate surface area is 93.3 Å². The highest BCUT2D eigenvalue weighted by Crippen LogP contribution is 2.32. The van der Waals surface area contributed by atoms with Crippen LogP contribution in [0.2, 0.25) is 0 Å². The Hall–Kier alpha value is -1.47. The van der Waals surface area contributed by atoms with Gasteiger partial charge in [0.1, 0.15) is 11.4 Å². The molecule has 1 aliphatic heterocycles. The Morgan fingerprint density at radius 3 is 2.67 bits per heavy atom. The number of ether oxygens (including phenoxy) is 2. The first kappa shape index (κ1) is 8.81. The summed E-state index contributed by atoms with van der Waals surface area (Å²) in [7, 11) is 0. The van der Waals surface area contributed by atoms with E-state index in [1.165, 1.54) is 23.1 Å². The van der Waals surface area contributed by atoms with Crippen molar-refractivity contribution in [3.05, 3.63) is 28.2 Å². The van der Waals surface area contributed by atoms with Crippen molar-refractivity contribution >= 4 is 34.6 Å². The van der Waals surface area contributed by atoms with E-state index in [-0.39, 0.29) is 6.79 Å². The average Bonchev–Trinajstić information content (AvgIpc) is 3.01. The van der Waals surface area contributed by atoms with E-state index in [2.05, 4.69) is 14.0 Å². The molecular formula is C8H5N3O2S2. The molecule has 0 fully saturated rings. The first-order valence-corrected chi connectivity index (χ1v) is 5.80. The van der Waals surface area contributed by atoms with Gasteiger partial charge in [0, 0.05) is 10.8 Å². The lowest BCUT2D eigenvalue weighted by molar-refractivity contribution is 0.110. The quantitative estimate of drug-likeness (QED) is 0.800. The number of hydrogen-bond donors (Lipinski definition) is 0. The minimum absolute atomic E-state index is 0.208. The fourth-order valence-electron chi connectivity index (χ4n) is 1.25. The van der Waals surface area contributed by atoms with Crippen molar-refractivity contribution in [3.8, 4) is 0 Å². The van der Waals surface area contributed by atoms with Gasteiger partial charge in [0.2, 0.25) is 6.79 Å². The highest BCUT2D eigenvalue weighted by Gasteiger charge is 2.24. The second kappa shape index (κ2) is 3.59. The highest BCUT2D eigenvalue weighted by atomic mass is 32.1. The largest absolute Gasteiger partial charge is 0.451 e. The van der Waals surface area contributed by atoms with Gasteiger partial charge in [-0.05, 0) is 29.1 Å². The fraction of sp³-hybridized carbons (Fsp3) is 0.125. The minimum Gasteiger partial charge on any atom is -0.451 e. The maximum Gasteiger partial charge on any atom is 0.231 e. The van der Waals surface area contributed by atoms with Gasteiger partial charge in [0.05, 0.1) is 0 Å². The number of aromatic nitrogens is 3. The van der Waals surface area contributed by atoms with Crippen molar-refractivity contribution in [2.45, 2.75) is 0 Å². The van der Waals surface area contributed by atoms with Crippen molar-refractivity contribution in [2.24, 2.45) is 0 Å². The molecule has 0 saturated carbocycles. The molecule has 3 heterocycles. The second-order valence-corrected chi connectivity index (χ2v) is 4.01. The van der Waals surface area contributed by atoms with Crippen LogP contribution in [0.15, 0.2) is 16.8 Å². The molecule has 0 radical (unpaired) electrons. The van der Waals surface area contributed by atoms with Crippen molar-refractivity contribution in [3.63, 3.8) is 0 Å². The van der Waals surface area contributed by atoms with Gasteiger partial charge in [-0.25, -0.2) is 0 Å². The monoisotopic (exact) mass is 239 g/mol. The molecule has 0 N–H and O–H groups in total. The first-order chi connectivity index (χ1) is 7.45. The predicted octanol–water partition coefficient (Wildman–Crippen LogP) is 1.82. The van der Waals surface area contributed by atoms with Crippen LogP contribution in [0.4, 0.5) is 0 Å². The number of nitrogens with zero attached hydrogens (tertiary/aromatic N) is 3. The van der Waals surface area contributed by atoms with Gasteiger partial charge >= 0.3 is 0 Å². The molecule has 0 amide bonds. The third kappa shape index (κ3) is 1.49. The van der Waals surface area contributed by atoms with Crippen LogP contribution in [-0.2, 0) is 9.47 Å². The van der Waals surface area contributed by atoms with Crippen LogP contribution in [-0.4, -0.2) is 20.8 Å². The zero-order valence-electron chi connectivity index (χ0n) is 7.41. The maximum absolute atomic E-state index is 5.37. The molecule has 0 bridgehead atoms. The zero-order chi connectivity index (χ0) is 10.1. The van der Waals surface area contributed by atoms with E-state index in [0.717, 1.165) is 5.69 Å². The molecule has 0 saturated heterocycles. The lowest BCUT2D eigenvalue weighted by atomic mass is 10.3. The zero-order valence-corrected chi connectivity index (χ0v) is 9.05. The summed E-state index contributed by atoms with van der Waals surface area (Å²) in [5.41, 5.74) is 1.47. The van der Waals surface area contributed by atoms with Gasteiger partial charge in [-0.15, -0.1) is 5.10 Å². The van der Waals surface area contributed by atoms with Crippen molar-refractivity contribution in [1.82, 2.24) is 14.0 Å². The topological polar surface area (TPSA) is 57.1 Å². The molecule has 2 aromatic heterocycles. The van der Waals surface area contributed by atoms with Crippen LogP contribution in [0.5, 0.6) is 0 Å². The summed E-state index contributed by atoms with van der Waals surface area (Å²) >= 11 is 2.65. The van der Waals surface area contributed by atoms with E-state index < -0.39 is 0 Å². The van der Waals surface area contributed by atoms with Crippen LogP contribution in [0.25, 0.3) is 11.5 Å². The molecule has 0 unspecified atom stereocenters. The molecule has 15 heavy (non-hydrogen) atoms. The van der Waals surface area contributed by atoms with E-state index >= 15 is 0 Å². The lowest BCUT2D eigenvalue weighted by Gasteiger charge is -1.96. The molecule has 76 valence electrons. The van der Waals surface area contributed by atoms with Crippen LogP contribution < -0.4 is 0 Å². The normalized spacial score (nSPS) is 15.2. The Balaban J connectivity index is 2.09. The highest BCUT2D eigenvalue weighted by molar-refractivity contribution is 7.03. The molecule has 0 aromatic carbocycles. The molecule has 0 spiro atoms. The standard InChI is InChI=1S/C8H5N3O2S2/c1-2-14-10-5(1)7-8(13-4-12-7)6-3-15-11-9-6/h1-3H,4H2. The van der Waals surface area contributed by atoms with E-state index in [9.17, 15) is 0 Å². The van der Waals surface area contributed by atoms with E-state index in [4.69, 9.17) is 9.47 Å². The van der Waals surface area contributed by atoms with Gasteiger partial charge in [0.15, 0.2) is 11.5 Å². The van der Waals surface area contributed by atoms with Gasteiger partial charge in [0.25, 0.3) is 0 Å². The average molecular weight is 239 g/mol. The fourth-order valence-corrected chi connectivity index (χ4v) is 2.20. The molecule has 5 nitrogen and oxygen atoms in total. The summed E-state index contributed by atoms with van der Waals surface area (Å²) in [6.45, 7) is 0.208. The third-order valence-corrected chi connectivity index (χ3v) is 2.94. The van der Waals surface area contributed by atoms with Crippen molar-refractivity contribution in [2.75, 3.05) is 6.79 Å². The van der Waals surface area contributed by atoms with E-state index in [0.29, 0.717) is 17.2 Å². The van der Waals surface area contributed by atoms with Crippen molar-refractivity contribution in [1.29, 1.82) is 0 Å². The van der Waals surface area contributed by atoms with Crippen LogP contribution in [0.3, 0.4) is 0 Å². The van der Waals surface area contributed by atoms with Crippen LogP contribution in [0, 0.1) is 0 Å². The first-order valence-electron chi connectivity index (χ1n) is 4.13. The molecule has 1 aliphatic rings. The molecule has 3 rings (SSSR count). The van der Waals surface area contributed by atoms with Crippen LogP contribution >= 0.6 is 23.1 Å². The summed E-state index contributed by atoms with van der Waals surface area (Å²) < 4.78 is 18.7. The van der Waals surface area contributed by atoms with E-state index in [1.54, 1.807) is 0 Å². The van der Waals surface area contributed by atoms with Gasteiger partial charge in [-0.2, -0.15) is 4.37 Å². The minimum atomic E-state index is 0.208.